The lowest BCUT2D eigenvalue weighted by atomic mass is 9.97. The van der Waals surface area contributed by atoms with Crippen molar-refractivity contribution in [3.8, 4) is 5.69 Å². The Morgan fingerprint density at radius 1 is 1.19 bits per heavy atom. The molecule has 1 aromatic heterocycles. The van der Waals surface area contributed by atoms with E-state index in [9.17, 15) is 4.79 Å². The van der Waals surface area contributed by atoms with Crippen molar-refractivity contribution < 1.29 is 5.11 Å². The van der Waals surface area contributed by atoms with Gasteiger partial charge in [-0.3, -0.25) is 4.79 Å². The Morgan fingerprint density at radius 2 is 1.88 bits per heavy atom. The van der Waals surface area contributed by atoms with Crippen LogP contribution >= 0.6 is 23.2 Å². The van der Waals surface area contributed by atoms with Gasteiger partial charge < -0.3 is 15.3 Å². The number of hydrogen-bond acceptors (Lipinski definition) is 5. The minimum atomic E-state index is -0.364. The maximum atomic E-state index is 12.5. The summed E-state index contributed by atoms with van der Waals surface area (Å²) in [6.07, 6.45) is 3.69. The first kappa shape index (κ1) is 19.2. The third-order valence-electron chi connectivity index (χ3n) is 4.69. The number of anilines is 1. The Hall–Kier alpha value is -1.60. The van der Waals surface area contributed by atoms with Crippen LogP contribution in [0.15, 0.2) is 35.3 Å². The lowest BCUT2D eigenvalue weighted by Gasteiger charge is -2.31. The Morgan fingerprint density at radius 3 is 2.54 bits per heavy atom. The fourth-order valence-electron chi connectivity index (χ4n) is 3.13. The second-order valence-electron chi connectivity index (χ2n) is 6.46. The lowest BCUT2D eigenvalue weighted by molar-refractivity contribution is 0.151. The summed E-state index contributed by atoms with van der Waals surface area (Å²) >= 11 is 12.1. The van der Waals surface area contributed by atoms with Gasteiger partial charge in [-0.1, -0.05) is 23.2 Å². The topological polar surface area (TPSA) is 70.4 Å². The largest absolute Gasteiger partial charge is 0.395 e. The minimum Gasteiger partial charge on any atom is -0.395 e. The van der Waals surface area contributed by atoms with Gasteiger partial charge in [0.2, 0.25) is 0 Å². The molecular formula is C18H22Cl2N4O2. The van der Waals surface area contributed by atoms with Gasteiger partial charge in [-0.2, -0.15) is 9.78 Å². The van der Waals surface area contributed by atoms with Crippen LogP contribution in [0.25, 0.3) is 5.69 Å². The molecule has 1 aliphatic heterocycles. The number of piperidine rings is 1. The van der Waals surface area contributed by atoms with E-state index in [4.69, 9.17) is 28.3 Å². The van der Waals surface area contributed by atoms with E-state index >= 15 is 0 Å². The molecule has 0 saturated carbocycles. The molecule has 26 heavy (non-hydrogen) atoms. The van der Waals surface area contributed by atoms with Gasteiger partial charge in [0, 0.05) is 18.1 Å². The van der Waals surface area contributed by atoms with E-state index in [1.54, 1.807) is 30.5 Å². The molecule has 140 valence electrons. The average molecular weight is 397 g/mol. The molecule has 8 heteroatoms. The number of β-amino-alcohol motifs (C(OH)–C–C–N with tert-alkyl or cyclic N) is 1. The number of halogens is 2. The fourth-order valence-corrected chi connectivity index (χ4v) is 3.45. The zero-order chi connectivity index (χ0) is 18.5. The number of rotatable bonds is 6. The molecule has 1 saturated heterocycles. The van der Waals surface area contributed by atoms with E-state index in [0.29, 0.717) is 22.3 Å². The molecule has 3 rings (SSSR count). The monoisotopic (exact) mass is 396 g/mol. The Bertz CT molecular complexity index is 787. The zero-order valence-electron chi connectivity index (χ0n) is 14.4. The summed E-state index contributed by atoms with van der Waals surface area (Å²) in [5, 5.41) is 17.2. The molecule has 1 aromatic carbocycles. The first-order valence-corrected chi connectivity index (χ1v) is 9.45. The molecule has 1 fully saturated rings. The minimum absolute atomic E-state index is 0.132. The number of aliphatic hydroxyl groups excluding tert-OH is 1. The maximum Gasteiger partial charge on any atom is 0.292 e. The standard InChI is InChI=1S/C18H22Cl2N4O2/c19-14-1-3-15(4-2-14)24-18(26)17(20)16(12-22-24)21-11-13-5-7-23(8-6-13)9-10-25/h1-4,12-13,21,25H,5-11H2. The number of nitrogens with one attached hydrogen (secondary N) is 1. The van der Waals surface area contributed by atoms with Crippen LogP contribution in [0.3, 0.4) is 0 Å². The third-order valence-corrected chi connectivity index (χ3v) is 5.31. The summed E-state index contributed by atoms with van der Waals surface area (Å²) in [5.74, 6) is 0.514. The summed E-state index contributed by atoms with van der Waals surface area (Å²) in [7, 11) is 0. The summed E-state index contributed by atoms with van der Waals surface area (Å²) in [6.45, 7) is 3.65. The molecule has 6 nitrogen and oxygen atoms in total. The van der Waals surface area contributed by atoms with Gasteiger partial charge in [0.1, 0.15) is 5.02 Å². The summed E-state index contributed by atoms with van der Waals surface area (Å²) in [6, 6.07) is 6.85. The van der Waals surface area contributed by atoms with Crippen molar-refractivity contribution in [2.24, 2.45) is 5.92 Å². The number of aliphatic hydroxyl groups is 1. The summed E-state index contributed by atoms with van der Waals surface area (Å²) in [5.41, 5.74) is 0.806. The van der Waals surface area contributed by atoms with Crippen LogP contribution in [-0.2, 0) is 0 Å². The highest BCUT2D eigenvalue weighted by Gasteiger charge is 2.19. The second kappa shape index (κ2) is 8.86. The van der Waals surface area contributed by atoms with Crippen molar-refractivity contribution in [3.05, 3.63) is 50.9 Å². The van der Waals surface area contributed by atoms with Gasteiger partial charge in [-0.25, -0.2) is 0 Å². The van der Waals surface area contributed by atoms with Crippen LogP contribution in [-0.4, -0.2) is 52.6 Å². The molecule has 0 radical (unpaired) electrons. The molecule has 0 spiro atoms. The summed E-state index contributed by atoms with van der Waals surface area (Å²) < 4.78 is 1.26. The van der Waals surface area contributed by atoms with Gasteiger partial charge >= 0.3 is 0 Å². The normalized spacial score (nSPS) is 16.0. The smallest absolute Gasteiger partial charge is 0.292 e. The lowest BCUT2D eigenvalue weighted by Crippen LogP contribution is -2.37. The SMILES string of the molecule is O=c1c(Cl)c(NCC2CCN(CCO)CC2)cnn1-c1ccc(Cl)cc1. The molecule has 0 unspecified atom stereocenters. The average Bonchev–Trinajstić information content (AvgIpc) is 2.65. The van der Waals surface area contributed by atoms with Crippen LogP contribution in [0.2, 0.25) is 10.0 Å². The Balaban J connectivity index is 1.64. The predicted molar refractivity (Wildman–Crippen MR) is 105 cm³/mol. The number of nitrogens with zero attached hydrogens (tertiary/aromatic N) is 3. The molecule has 0 aliphatic carbocycles. The summed E-state index contributed by atoms with van der Waals surface area (Å²) in [4.78, 5) is 14.8. The van der Waals surface area contributed by atoms with Gasteiger partial charge in [-0.05, 0) is 56.1 Å². The van der Waals surface area contributed by atoms with Crippen molar-refractivity contribution in [1.82, 2.24) is 14.7 Å². The number of likely N-dealkylation sites (tertiary alicyclic amines) is 1. The fraction of sp³-hybridized carbons (Fsp3) is 0.444. The number of hydrogen-bond donors (Lipinski definition) is 2. The van der Waals surface area contributed by atoms with Crippen LogP contribution < -0.4 is 10.9 Å². The number of benzene rings is 1. The van der Waals surface area contributed by atoms with Crippen molar-refractivity contribution in [2.75, 3.05) is 38.1 Å². The van der Waals surface area contributed by atoms with Gasteiger partial charge in [0.05, 0.1) is 24.2 Å². The van der Waals surface area contributed by atoms with Gasteiger partial charge in [0.15, 0.2) is 0 Å². The quantitative estimate of drug-likeness (QED) is 0.785. The van der Waals surface area contributed by atoms with Gasteiger partial charge in [-0.15, -0.1) is 0 Å². The molecule has 2 N–H and O–H groups in total. The second-order valence-corrected chi connectivity index (χ2v) is 7.27. The zero-order valence-corrected chi connectivity index (χ0v) is 15.9. The van der Waals surface area contributed by atoms with Crippen LogP contribution in [0.1, 0.15) is 12.8 Å². The highest BCUT2D eigenvalue weighted by Crippen LogP contribution is 2.21. The van der Waals surface area contributed by atoms with E-state index in [1.165, 1.54) is 4.68 Å². The molecular weight excluding hydrogens is 375 g/mol. The number of aromatic nitrogens is 2. The Kier molecular flexibility index (Phi) is 6.53. The van der Waals surface area contributed by atoms with E-state index < -0.39 is 0 Å². The molecule has 0 amide bonds. The van der Waals surface area contributed by atoms with Crippen molar-refractivity contribution in [3.63, 3.8) is 0 Å². The van der Waals surface area contributed by atoms with E-state index in [1.807, 2.05) is 0 Å². The molecule has 2 aromatic rings. The third kappa shape index (κ3) is 4.57. The molecule has 1 aliphatic rings. The Labute approximate surface area is 162 Å². The van der Waals surface area contributed by atoms with Crippen molar-refractivity contribution >= 4 is 28.9 Å². The van der Waals surface area contributed by atoms with Crippen molar-refractivity contribution in [2.45, 2.75) is 12.8 Å². The van der Waals surface area contributed by atoms with E-state index in [-0.39, 0.29) is 17.2 Å². The maximum absolute atomic E-state index is 12.5. The van der Waals surface area contributed by atoms with E-state index in [2.05, 4.69) is 15.3 Å². The van der Waals surface area contributed by atoms with Crippen molar-refractivity contribution in [1.29, 1.82) is 0 Å². The van der Waals surface area contributed by atoms with E-state index in [0.717, 1.165) is 39.0 Å². The molecule has 2 heterocycles. The van der Waals surface area contributed by atoms with Crippen LogP contribution in [0.4, 0.5) is 5.69 Å². The van der Waals surface area contributed by atoms with Crippen LogP contribution in [0.5, 0.6) is 0 Å². The first-order valence-electron chi connectivity index (χ1n) is 8.69. The van der Waals surface area contributed by atoms with Crippen LogP contribution in [0, 0.1) is 5.92 Å². The predicted octanol–water partition coefficient (Wildman–Crippen LogP) is 2.66. The first-order chi connectivity index (χ1) is 12.6. The highest BCUT2D eigenvalue weighted by molar-refractivity contribution is 6.33. The molecule has 0 bridgehead atoms. The molecule has 0 atom stereocenters. The highest BCUT2D eigenvalue weighted by atomic mass is 35.5. The van der Waals surface area contributed by atoms with Gasteiger partial charge in [0.25, 0.3) is 5.56 Å².